The highest BCUT2D eigenvalue weighted by Gasteiger charge is 2.38. The van der Waals surface area contributed by atoms with Crippen molar-refractivity contribution in [3.8, 4) is 5.75 Å². The summed E-state index contributed by atoms with van der Waals surface area (Å²) in [7, 11) is 0. The van der Waals surface area contributed by atoms with Gasteiger partial charge in [-0.25, -0.2) is 9.78 Å². The number of amides is 1. The Bertz CT molecular complexity index is 1260. The van der Waals surface area contributed by atoms with Crippen LogP contribution in [-0.4, -0.2) is 58.8 Å². The second kappa shape index (κ2) is 13.6. The molecular weight excluding hydrogens is 556 g/mol. The molecule has 0 bridgehead atoms. The highest BCUT2D eigenvalue weighted by molar-refractivity contribution is 6.29. The van der Waals surface area contributed by atoms with Crippen molar-refractivity contribution in [2.45, 2.75) is 97.1 Å². The zero-order valence-electron chi connectivity index (χ0n) is 25.6. The SMILES string of the molecule is CC1=C(C(=O)OCc2ccc(OC(C)(C)CCOC(C)(C)C)cc2)[C@@H](c2ccc(Cl)nc2)CC(=O)N1C[C@@H]1CCCO1. The van der Waals surface area contributed by atoms with Gasteiger partial charge in [-0.15, -0.1) is 0 Å². The summed E-state index contributed by atoms with van der Waals surface area (Å²) in [6.07, 6.45) is 4.33. The van der Waals surface area contributed by atoms with Crippen molar-refractivity contribution in [3.63, 3.8) is 0 Å². The van der Waals surface area contributed by atoms with Gasteiger partial charge in [0.25, 0.3) is 0 Å². The molecule has 0 N–H and O–H groups in total. The smallest absolute Gasteiger partial charge is 0.336 e. The normalized spacial score (nSPS) is 19.8. The van der Waals surface area contributed by atoms with E-state index in [1.165, 1.54) is 0 Å². The Labute approximate surface area is 254 Å². The summed E-state index contributed by atoms with van der Waals surface area (Å²) in [5.41, 5.74) is 2.03. The lowest BCUT2D eigenvalue weighted by molar-refractivity contribution is -0.141. The second-order valence-electron chi connectivity index (χ2n) is 12.6. The number of benzene rings is 1. The number of carbonyl (C=O) groups excluding carboxylic acids is 2. The molecule has 2 atom stereocenters. The maximum Gasteiger partial charge on any atom is 0.336 e. The molecule has 1 fully saturated rings. The van der Waals surface area contributed by atoms with Gasteiger partial charge in [0.15, 0.2) is 0 Å². The Hall–Kier alpha value is -2.94. The lowest BCUT2D eigenvalue weighted by Gasteiger charge is -2.35. The van der Waals surface area contributed by atoms with Crippen LogP contribution in [0.4, 0.5) is 0 Å². The summed E-state index contributed by atoms with van der Waals surface area (Å²) >= 11 is 6.01. The van der Waals surface area contributed by atoms with Crippen molar-refractivity contribution in [3.05, 3.63) is 70.1 Å². The van der Waals surface area contributed by atoms with E-state index in [1.54, 1.807) is 30.2 Å². The molecule has 228 valence electrons. The van der Waals surface area contributed by atoms with Crippen molar-refractivity contribution >= 4 is 23.5 Å². The largest absolute Gasteiger partial charge is 0.488 e. The Morgan fingerprint density at radius 1 is 1.12 bits per heavy atom. The number of nitrogens with zero attached hydrogens (tertiary/aromatic N) is 2. The molecule has 1 aromatic heterocycles. The molecule has 0 aliphatic carbocycles. The molecule has 3 heterocycles. The van der Waals surface area contributed by atoms with Crippen LogP contribution in [0.2, 0.25) is 5.15 Å². The highest BCUT2D eigenvalue weighted by Crippen LogP contribution is 2.38. The third-order valence-electron chi connectivity index (χ3n) is 7.53. The third kappa shape index (κ3) is 8.79. The van der Waals surface area contributed by atoms with E-state index in [9.17, 15) is 9.59 Å². The van der Waals surface area contributed by atoms with Crippen molar-refractivity contribution in [2.24, 2.45) is 0 Å². The first kappa shape index (κ1) is 32.0. The molecule has 1 amide bonds. The van der Waals surface area contributed by atoms with Crippen molar-refractivity contribution in [1.29, 1.82) is 0 Å². The molecule has 42 heavy (non-hydrogen) atoms. The minimum atomic E-state index is -0.476. The summed E-state index contributed by atoms with van der Waals surface area (Å²) in [4.78, 5) is 32.7. The number of allylic oxidation sites excluding steroid dienone is 1. The van der Waals surface area contributed by atoms with Crippen LogP contribution < -0.4 is 4.74 Å². The molecule has 2 aliphatic rings. The monoisotopic (exact) mass is 598 g/mol. The fourth-order valence-electron chi connectivity index (χ4n) is 5.22. The molecule has 0 saturated carbocycles. The van der Waals surface area contributed by atoms with E-state index >= 15 is 0 Å². The Morgan fingerprint density at radius 3 is 2.48 bits per heavy atom. The van der Waals surface area contributed by atoms with Gasteiger partial charge in [0.2, 0.25) is 5.91 Å². The summed E-state index contributed by atoms with van der Waals surface area (Å²) in [5.74, 6) is -0.258. The van der Waals surface area contributed by atoms with Gasteiger partial charge in [-0.2, -0.15) is 0 Å². The number of carbonyl (C=O) groups is 2. The first-order valence-corrected chi connectivity index (χ1v) is 15.0. The molecule has 0 unspecified atom stereocenters. The number of rotatable bonds is 11. The fourth-order valence-corrected chi connectivity index (χ4v) is 5.34. The van der Waals surface area contributed by atoms with Gasteiger partial charge in [-0.3, -0.25) is 4.79 Å². The van der Waals surface area contributed by atoms with Gasteiger partial charge in [0.05, 0.1) is 30.4 Å². The van der Waals surface area contributed by atoms with Gasteiger partial charge < -0.3 is 23.8 Å². The molecule has 9 heteroatoms. The average Bonchev–Trinajstić information content (AvgIpc) is 3.43. The van der Waals surface area contributed by atoms with Crippen molar-refractivity contribution in [2.75, 3.05) is 19.8 Å². The van der Waals surface area contributed by atoms with Crippen LogP contribution in [0.3, 0.4) is 0 Å². The van der Waals surface area contributed by atoms with E-state index in [1.807, 2.05) is 58.9 Å². The predicted molar refractivity (Wildman–Crippen MR) is 161 cm³/mol. The number of hydrogen-bond acceptors (Lipinski definition) is 7. The Kier molecular flexibility index (Phi) is 10.3. The van der Waals surface area contributed by atoms with Gasteiger partial charge in [0, 0.05) is 37.3 Å². The van der Waals surface area contributed by atoms with Crippen molar-refractivity contribution in [1.82, 2.24) is 9.88 Å². The van der Waals surface area contributed by atoms with E-state index in [2.05, 4.69) is 4.98 Å². The number of halogens is 1. The highest BCUT2D eigenvalue weighted by atomic mass is 35.5. The molecule has 2 aliphatic heterocycles. The summed E-state index contributed by atoms with van der Waals surface area (Å²) < 4.78 is 23.6. The van der Waals surface area contributed by atoms with E-state index in [0.717, 1.165) is 36.1 Å². The van der Waals surface area contributed by atoms with Gasteiger partial charge in [-0.1, -0.05) is 29.8 Å². The maximum atomic E-state index is 13.6. The number of pyridine rings is 1. The zero-order valence-corrected chi connectivity index (χ0v) is 26.3. The van der Waals surface area contributed by atoms with Crippen LogP contribution in [0.15, 0.2) is 53.9 Å². The second-order valence-corrected chi connectivity index (χ2v) is 13.0. The summed E-state index contributed by atoms with van der Waals surface area (Å²) in [6, 6.07) is 11.0. The quantitative estimate of drug-likeness (QED) is 0.212. The van der Waals surface area contributed by atoms with Gasteiger partial charge >= 0.3 is 5.97 Å². The first-order chi connectivity index (χ1) is 19.8. The van der Waals surface area contributed by atoms with Crippen LogP contribution in [-0.2, 0) is 30.4 Å². The average molecular weight is 599 g/mol. The number of aromatic nitrogens is 1. The molecule has 0 spiro atoms. The first-order valence-electron chi connectivity index (χ1n) is 14.6. The van der Waals surface area contributed by atoms with Gasteiger partial charge in [-0.05, 0) is 83.7 Å². The number of esters is 1. The predicted octanol–water partition coefficient (Wildman–Crippen LogP) is 6.61. The van der Waals surface area contributed by atoms with E-state index in [-0.39, 0.29) is 30.6 Å². The van der Waals surface area contributed by atoms with Crippen LogP contribution in [0.5, 0.6) is 5.75 Å². The minimum Gasteiger partial charge on any atom is -0.488 e. The molecule has 2 aromatic rings. The third-order valence-corrected chi connectivity index (χ3v) is 7.76. The van der Waals surface area contributed by atoms with Crippen LogP contribution in [0, 0.1) is 0 Å². The Balaban J connectivity index is 1.45. The molecule has 0 radical (unpaired) electrons. The van der Waals surface area contributed by atoms with Crippen LogP contribution in [0.25, 0.3) is 0 Å². The Morgan fingerprint density at radius 2 is 1.86 bits per heavy atom. The lowest BCUT2D eigenvalue weighted by Crippen LogP contribution is -2.42. The maximum absolute atomic E-state index is 13.6. The molecule has 1 saturated heterocycles. The molecular formula is C33H43ClN2O6. The van der Waals surface area contributed by atoms with E-state index in [0.29, 0.717) is 36.2 Å². The summed E-state index contributed by atoms with van der Waals surface area (Å²) in [6.45, 7) is 13.8. The standard InChI is InChI=1S/C33H43ClN2O6/c1-22-30(27(24-11-14-28(34)35-19-24)18-29(37)36(22)20-26-8-7-16-39-26)31(38)40-21-23-9-12-25(13-10-23)42-33(5,6)15-17-41-32(2,3)4/h9-14,19,26-27H,7-8,15-18,20-21H2,1-6H3/t26-,27+/m0/s1. The van der Waals surface area contributed by atoms with E-state index in [4.69, 9.17) is 30.5 Å². The lowest BCUT2D eigenvalue weighted by atomic mass is 9.84. The molecule has 1 aromatic carbocycles. The zero-order chi connectivity index (χ0) is 30.5. The van der Waals surface area contributed by atoms with E-state index < -0.39 is 17.5 Å². The molecule has 4 rings (SSSR count). The molecule has 8 nitrogen and oxygen atoms in total. The van der Waals surface area contributed by atoms with Gasteiger partial charge in [0.1, 0.15) is 23.1 Å². The fraction of sp³-hybridized carbons (Fsp3) is 0.545. The minimum absolute atomic E-state index is 0.0355. The topological polar surface area (TPSA) is 87.2 Å². The van der Waals surface area contributed by atoms with Crippen LogP contribution >= 0.6 is 11.6 Å². The van der Waals surface area contributed by atoms with Crippen molar-refractivity contribution < 1.29 is 28.5 Å². The number of hydrogen-bond donors (Lipinski definition) is 0. The van der Waals surface area contributed by atoms with Crippen LogP contribution in [0.1, 0.15) is 84.3 Å². The summed E-state index contributed by atoms with van der Waals surface area (Å²) in [5, 5.41) is 0.347. The number of ether oxygens (including phenoxy) is 4.